The van der Waals surface area contributed by atoms with Gasteiger partial charge in [0.25, 0.3) is 5.91 Å². The lowest BCUT2D eigenvalue weighted by molar-refractivity contribution is -0.145. The van der Waals surface area contributed by atoms with Crippen molar-refractivity contribution in [3.8, 4) is 0 Å². The third-order valence-electron chi connectivity index (χ3n) is 9.08. The van der Waals surface area contributed by atoms with Crippen LogP contribution in [0.1, 0.15) is 73.8 Å². The van der Waals surface area contributed by atoms with E-state index < -0.39 is 68.5 Å². The van der Waals surface area contributed by atoms with Crippen molar-refractivity contribution in [3.63, 3.8) is 0 Å². The average molecular weight is 688 g/mol. The van der Waals surface area contributed by atoms with E-state index in [1.165, 1.54) is 4.90 Å². The second-order valence-corrected chi connectivity index (χ2v) is 17.8. The predicted octanol–water partition coefficient (Wildman–Crippen LogP) is 2.73. The molecule has 5 amide bonds. The van der Waals surface area contributed by atoms with Crippen LogP contribution in [0.15, 0.2) is 43.0 Å². The molecule has 0 bridgehead atoms. The fraction of sp³-hybridized carbons (Fsp3) is 0.629. The molecule has 0 spiro atoms. The highest BCUT2D eigenvalue weighted by Gasteiger charge is 2.70. The van der Waals surface area contributed by atoms with E-state index in [0.29, 0.717) is 18.5 Å². The molecule has 0 radical (unpaired) electrons. The Morgan fingerprint density at radius 3 is 2.21 bits per heavy atom. The monoisotopic (exact) mass is 687 g/mol. The molecule has 1 saturated carbocycles. The van der Waals surface area contributed by atoms with Crippen LogP contribution < -0.4 is 21.3 Å². The molecule has 1 aromatic rings. The highest BCUT2D eigenvalue weighted by molar-refractivity contribution is 7.90. The fourth-order valence-electron chi connectivity index (χ4n) is 6.41. The maximum absolute atomic E-state index is 14.1. The van der Waals surface area contributed by atoms with E-state index >= 15 is 0 Å². The number of urea groups is 1. The van der Waals surface area contributed by atoms with E-state index in [-0.39, 0.29) is 41.7 Å². The second kappa shape index (κ2) is 14.8. The van der Waals surface area contributed by atoms with Crippen LogP contribution in [0.3, 0.4) is 0 Å². The maximum atomic E-state index is 14.1. The standard InChI is InChI=1S/C35H53N5O7S/c1-10-11-17-24(27(41)30(43)36-18-19-48(46,47)21-22-15-13-12-14-16-22)37-29(42)26-25-23(35(25,8)9)20-40(26)31(44)28(33(2,3)4)38-32(45)39-34(5,6)7/h10,12-16,23-26,28H,1,11,17-21H2,2-9H3,(H,36,43)(H,37,42)(H2,38,39,45)/t23-,24-,25-,26-,28+/m0/s1. The zero-order valence-corrected chi connectivity index (χ0v) is 30.3. The van der Waals surface area contributed by atoms with Crippen LogP contribution in [0.4, 0.5) is 4.79 Å². The van der Waals surface area contributed by atoms with Crippen LogP contribution >= 0.6 is 0 Å². The Bertz CT molecular complexity index is 1490. The predicted molar refractivity (Wildman–Crippen MR) is 184 cm³/mol. The summed E-state index contributed by atoms with van der Waals surface area (Å²) >= 11 is 0. The Morgan fingerprint density at radius 2 is 1.65 bits per heavy atom. The molecule has 1 saturated heterocycles. The van der Waals surface area contributed by atoms with Crippen molar-refractivity contribution < 1.29 is 32.4 Å². The number of allylic oxidation sites excluding steroid dienone is 1. The van der Waals surface area contributed by atoms with Gasteiger partial charge in [-0.25, -0.2) is 13.2 Å². The number of fused-ring (bicyclic) bond motifs is 1. The molecule has 2 aliphatic rings. The van der Waals surface area contributed by atoms with E-state index in [1.807, 2.05) is 55.4 Å². The first kappa shape index (κ1) is 38.7. The lowest BCUT2D eigenvalue weighted by atomic mass is 9.85. The number of rotatable bonds is 14. The summed E-state index contributed by atoms with van der Waals surface area (Å²) in [6, 6.07) is 5.06. The molecule has 266 valence electrons. The van der Waals surface area contributed by atoms with E-state index in [1.54, 1.807) is 36.4 Å². The molecule has 1 aromatic carbocycles. The number of nitrogens with zero attached hydrogens (tertiary/aromatic N) is 1. The zero-order valence-electron chi connectivity index (χ0n) is 29.5. The van der Waals surface area contributed by atoms with E-state index in [4.69, 9.17) is 0 Å². The molecule has 1 aliphatic carbocycles. The third-order valence-corrected chi connectivity index (χ3v) is 10.7. The minimum absolute atomic E-state index is 0.0460. The van der Waals surface area contributed by atoms with Gasteiger partial charge >= 0.3 is 6.03 Å². The normalized spacial score (nSPS) is 21.2. The molecule has 1 heterocycles. The first-order chi connectivity index (χ1) is 22.1. The van der Waals surface area contributed by atoms with Crippen molar-refractivity contribution in [3.05, 3.63) is 48.6 Å². The third kappa shape index (κ3) is 9.90. The largest absolute Gasteiger partial charge is 0.348 e. The van der Waals surface area contributed by atoms with Crippen molar-refractivity contribution in [2.24, 2.45) is 22.7 Å². The van der Waals surface area contributed by atoms with Gasteiger partial charge in [-0.1, -0.05) is 71.0 Å². The molecule has 1 aliphatic heterocycles. The number of carbonyl (C=O) groups excluding carboxylic acids is 5. The molecule has 5 atom stereocenters. The van der Waals surface area contributed by atoms with Crippen molar-refractivity contribution in [2.75, 3.05) is 18.8 Å². The number of likely N-dealkylation sites (tertiary alicyclic amines) is 1. The minimum Gasteiger partial charge on any atom is -0.348 e. The summed E-state index contributed by atoms with van der Waals surface area (Å²) in [7, 11) is -3.56. The van der Waals surface area contributed by atoms with Crippen LogP contribution in [0.25, 0.3) is 0 Å². The Labute approximate surface area is 285 Å². The minimum atomic E-state index is -3.56. The van der Waals surface area contributed by atoms with Crippen LogP contribution in [-0.2, 0) is 34.8 Å². The highest BCUT2D eigenvalue weighted by Crippen LogP contribution is 2.65. The van der Waals surface area contributed by atoms with Crippen molar-refractivity contribution in [1.29, 1.82) is 0 Å². The number of hydrogen-bond acceptors (Lipinski definition) is 7. The number of benzene rings is 1. The van der Waals surface area contributed by atoms with Crippen LogP contribution in [0.5, 0.6) is 0 Å². The van der Waals surface area contributed by atoms with Crippen LogP contribution in [0.2, 0.25) is 0 Å². The number of carbonyl (C=O) groups is 5. The van der Waals surface area contributed by atoms with Gasteiger partial charge in [0.2, 0.25) is 17.6 Å². The molecule has 48 heavy (non-hydrogen) atoms. The number of amides is 5. The Morgan fingerprint density at radius 1 is 1.02 bits per heavy atom. The number of piperidine rings is 1. The van der Waals surface area contributed by atoms with Gasteiger partial charge in [-0.2, -0.15) is 0 Å². The van der Waals surface area contributed by atoms with Gasteiger partial charge in [-0.15, -0.1) is 6.58 Å². The summed E-state index contributed by atoms with van der Waals surface area (Å²) in [5.41, 5.74) is -0.834. The van der Waals surface area contributed by atoms with Gasteiger partial charge in [0.05, 0.1) is 17.5 Å². The maximum Gasteiger partial charge on any atom is 0.315 e. The van der Waals surface area contributed by atoms with Gasteiger partial charge in [0.1, 0.15) is 12.1 Å². The number of ketones is 1. The number of hydrogen-bond donors (Lipinski definition) is 4. The molecular weight excluding hydrogens is 634 g/mol. The summed E-state index contributed by atoms with van der Waals surface area (Å²) < 4.78 is 25.1. The fourth-order valence-corrected chi connectivity index (χ4v) is 7.67. The number of sulfone groups is 1. The molecular formula is C35H53N5O7S. The first-order valence-corrected chi connectivity index (χ1v) is 18.3. The van der Waals surface area contributed by atoms with E-state index in [0.717, 1.165) is 0 Å². The molecule has 3 rings (SSSR count). The molecule has 13 heteroatoms. The summed E-state index contributed by atoms with van der Waals surface area (Å²) in [5.74, 6) is -3.58. The molecule has 0 unspecified atom stereocenters. The topological polar surface area (TPSA) is 171 Å². The van der Waals surface area contributed by atoms with Crippen LogP contribution in [0, 0.1) is 22.7 Å². The zero-order chi connectivity index (χ0) is 36.2. The van der Waals surface area contributed by atoms with Crippen molar-refractivity contribution >= 4 is 39.4 Å². The average Bonchev–Trinajstić information content (AvgIpc) is 3.27. The lowest BCUT2D eigenvalue weighted by Crippen LogP contribution is -2.62. The van der Waals surface area contributed by atoms with E-state index in [9.17, 15) is 32.4 Å². The van der Waals surface area contributed by atoms with E-state index in [2.05, 4.69) is 27.8 Å². The highest BCUT2D eigenvalue weighted by atomic mass is 32.2. The Balaban J connectivity index is 1.74. The Hall–Kier alpha value is -3.74. The smallest absolute Gasteiger partial charge is 0.315 e. The SMILES string of the molecule is C=CCC[C@H](NC(=O)[C@@H]1[C@@H]2[C@H](CN1C(=O)[C@@H](NC(=O)NC(C)(C)C)C(C)(C)C)C2(C)C)C(=O)C(=O)NCCS(=O)(=O)Cc1ccccc1. The van der Waals surface area contributed by atoms with Gasteiger partial charge in [-0.05, 0) is 61.8 Å². The van der Waals surface area contributed by atoms with Gasteiger partial charge in [0.15, 0.2) is 9.84 Å². The van der Waals surface area contributed by atoms with Gasteiger partial charge in [-0.3, -0.25) is 19.2 Å². The first-order valence-electron chi connectivity index (χ1n) is 16.5. The summed E-state index contributed by atoms with van der Waals surface area (Å²) in [6.07, 6.45) is 1.97. The Kier molecular flexibility index (Phi) is 11.9. The quantitative estimate of drug-likeness (QED) is 0.172. The number of Topliss-reactive ketones (excluding diaryl/α,β-unsaturated/α-hetero) is 1. The molecule has 0 aromatic heterocycles. The second-order valence-electron chi connectivity index (χ2n) is 15.7. The van der Waals surface area contributed by atoms with Crippen molar-refractivity contribution in [1.82, 2.24) is 26.2 Å². The summed E-state index contributed by atoms with van der Waals surface area (Å²) in [4.78, 5) is 68.6. The lowest BCUT2D eigenvalue weighted by Gasteiger charge is -2.38. The van der Waals surface area contributed by atoms with Crippen molar-refractivity contribution in [2.45, 2.75) is 97.6 Å². The molecule has 2 fully saturated rings. The number of nitrogens with one attached hydrogen (secondary N) is 4. The molecule has 4 N–H and O–H groups in total. The van der Waals surface area contributed by atoms with Gasteiger partial charge < -0.3 is 26.2 Å². The van der Waals surface area contributed by atoms with Gasteiger partial charge in [0, 0.05) is 18.6 Å². The molecule has 12 nitrogen and oxygen atoms in total. The summed E-state index contributed by atoms with van der Waals surface area (Å²) in [6.45, 7) is 18.8. The summed E-state index contributed by atoms with van der Waals surface area (Å²) in [5, 5.41) is 10.8. The van der Waals surface area contributed by atoms with Crippen LogP contribution in [-0.4, -0.2) is 85.4 Å².